The zero-order valence-electron chi connectivity index (χ0n) is 17.7. The van der Waals surface area contributed by atoms with Crippen molar-refractivity contribution in [2.45, 2.75) is 37.5 Å². The zero-order chi connectivity index (χ0) is 22.0. The zero-order valence-corrected chi connectivity index (χ0v) is 17.7. The van der Waals surface area contributed by atoms with Crippen LogP contribution in [0.25, 0.3) is 16.9 Å². The number of carbonyl (C=O) groups is 1. The Morgan fingerprint density at radius 1 is 1.03 bits per heavy atom. The molecular formula is C25H24FN5O. The predicted octanol–water partition coefficient (Wildman–Crippen LogP) is 4.59. The standard InChI is InChI=1S/C25H24FN5O/c26-19-14-28-24(29-15-19)31-16-21(20-8-2-3-9-22(20)31)23(32)30-17-25(10-4-1-5-11-25)18-7-6-12-27-13-18/h2-3,6-9,12-16H,1,4-5,10-11,17H2,(H,30,32). The number of para-hydroxylation sites is 1. The molecule has 7 heteroatoms. The molecule has 0 saturated heterocycles. The maximum Gasteiger partial charge on any atom is 0.253 e. The molecule has 0 bridgehead atoms. The van der Waals surface area contributed by atoms with Gasteiger partial charge in [0.1, 0.15) is 0 Å². The first kappa shape index (κ1) is 20.3. The molecule has 0 spiro atoms. The third kappa shape index (κ3) is 3.75. The lowest BCUT2D eigenvalue weighted by Gasteiger charge is -2.37. The van der Waals surface area contributed by atoms with Crippen molar-refractivity contribution in [3.63, 3.8) is 0 Å². The molecule has 0 atom stereocenters. The first-order chi connectivity index (χ1) is 15.7. The number of fused-ring (bicyclic) bond motifs is 1. The highest BCUT2D eigenvalue weighted by molar-refractivity contribution is 6.07. The molecule has 3 heterocycles. The van der Waals surface area contributed by atoms with E-state index in [1.54, 1.807) is 17.0 Å². The molecule has 5 rings (SSSR count). The van der Waals surface area contributed by atoms with Gasteiger partial charge >= 0.3 is 0 Å². The molecule has 3 aromatic heterocycles. The summed E-state index contributed by atoms with van der Waals surface area (Å²) in [6, 6.07) is 11.7. The number of nitrogens with zero attached hydrogens (tertiary/aromatic N) is 4. The smallest absolute Gasteiger partial charge is 0.253 e. The van der Waals surface area contributed by atoms with Crippen LogP contribution in [0.3, 0.4) is 0 Å². The molecule has 1 saturated carbocycles. The van der Waals surface area contributed by atoms with Gasteiger partial charge < -0.3 is 5.32 Å². The third-order valence-corrected chi connectivity index (χ3v) is 6.45. The summed E-state index contributed by atoms with van der Waals surface area (Å²) in [7, 11) is 0. The third-order valence-electron chi connectivity index (χ3n) is 6.45. The lowest BCUT2D eigenvalue weighted by molar-refractivity contribution is 0.0938. The Morgan fingerprint density at radius 2 is 1.81 bits per heavy atom. The SMILES string of the molecule is O=C(NCC1(c2cccnc2)CCCCC1)c1cn(-c2ncc(F)cn2)c2ccccc12. The molecule has 1 aromatic carbocycles. The predicted molar refractivity (Wildman–Crippen MR) is 120 cm³/mol. The molecule has 32 heavy (non-hydrogen) atoms. The maximum absolute atomic E-state index is 13.3. The molecule has 6 nitrogen and oxygen atoms in total. The lowest BCUT2D eigenvalue weighted by Crippen LogP contribution is -2.42. The average molecular weight is 429 g/mol. The highest BCUT2D eigenvalue weighted by atomic mass is 19.1. The average Bonchev–Trinajstić information content (AvgIpc) is 3.24. The minimum atomic E-state index is -0.503. The summed E-state index contributed by atoms with van der Waals surface area (Å²) >= 11 is 0. The Bertz CT molecular complexity index is 1230. The summed E-state index contributed by atoms with van der Waals surface area (Å²) in [5.41, 5.74) is 2.43. The van der Waals surface area contributed by atoms with Crippen molar-refractivity contribution in [3.8, 4) is 5.95 Å². The summed E-state index contributed by atoms with van der Waals surface area (Å²) in [4.78, 5) is 25.8. The monoisotopic (exact) mass is 429 g/mol. The minimum Gasteiger partial charge on any atom is -0.351 e. The molecule has 1 amide bonds. The molecule has 1 N–H and O–H groups in total. The van der Waals surface area contributed by atoms with Gasteiger partial charge in [-0.3, -0.25) is 14.3 Å². The second kappa shape index (κ2) is 8.49. The highest BCUT2D eigenvalue weighted by Gasteiger charge is 2.34. The Labute approximate surface area is 185 Å². The lowest BCUT2D eigenvalue weighted by atomic mass is 9.70. The van der Waals surface area contributed by atoms with E-state index in [-0.39, 0.29) is 11.3 Å². The number of hydrogen-bond acceptors (Lipinski definition) is 4. The molecule has 1 aliphatic rings. The summed E-state index contributed by atoms with van der Waals surface area (Å²) in [5, 5.41) is 4.00. The van der Waals surface area contributed by atoms with Gasteiger partial charge in [0.05, 0.1) is 23.5 Å². The van der Waals surface area contributed by atoms with Gasteiger partial charge in [0.15, 0.2) is 5.82 Å². The Kier molecular flexibility index (Phi) is 5.39. The molecule has 4 aromatic rings. The van der Waals surface area contributed by atoms with E-state index in [4.69, 9.17) is 0 Å². The largest absolute Gasteiger partial charge is 0.351 e. The van der Waals surface area contributed by atoms with E-state index in [1.807, 2.05) is 36.5 Å². The molecule has 162 valence electrons. The first-order valence-corrected chi connectivity index (χ1v) is 10.9. The number of halogens is 1. The molecule has 0 radical (unpaired) electrons. The van der Waals surface area contributed by atoms with Gasteiger partial charge in [-0.1, -0.05) is 43.5 Å². The van der Waals surface area contributed by atoms with Crippen LogP contribution < -0.4 is 5.32 Å². The highest BCUT2D eigenvalue weighted by Crippen LogP contribution is 2.38. The Hall–Kier alpha value is -3.61. The number of aromatic nitrogens is 4. The van der Waals surface area contributed by atoms with Gasteiger partial charge in [-0.2, -0.15) is 0 Å². The molecule has 0 unspecified atom stereocenters. The van der Waals surface area contributed by atoms with E-state index in [0.29, 0.717) is 18.1 Å². The van der Waals surface area contributed by atoms with Gasteiger partial charge in [-0.05, 0) is 30.5 Å². The van der Waals surface area contributed by atoms with Gasteiger partial charge in [-0.15, -0.1) is 0 Å². The first-order valence-electron chi connectivity index (χ1n) is 10.9. The summed E-state index contributed by atoms with van der Waals surface area (Å²) in [5.74, 6) is -0.326. The van der Waals surface area contributed by atoms with Gasteiger partial charge in [0.25, 0.3) is 5.91 Å². The maximum atomic E-state index is 13.3. The van der Waals surface area contributed by atoms with Crippen LogP contribution in [-0.4, -0.2) is 32.0 Å². The van der Waals surface area contributed by atoms with Crippen LogP contribution in [0.1, 0.15) is 48.0 Å². The van der Waals surface area contributed by atoms with Crippen LogP contribution in [-0.2, 0) is 5.41 Å². The van der Waals surface area contributed by atoms with Gasteiger partial charge in [-0.25, -0.2) is 14.4 Å². The van der Waals surface area contributed by atoms with Crippen molar-refractivity contribution < 1.29 is 9.18 Å². The van der Waals surface area contributed by atoms with E-state index >= 15 is 0 Å². The number of rotatable bonds is 5. The van der Waals surface area contributed by atoms with Crippen LogP contribution >= 0.6 is 0 Å². The van der Waals surface area contributed by atoms with Crippen LogP contribution in [0.5, 0.6) is 0 Å². The van der Waals surface area contributed by atoms with Gasteiger partial charge in [0, 0.05) is 35.9 Å². The molecule has 1 fully saturated rings. The topological polar surface area (TPSA) is 72.7 Å². The van der Waals surface area contributed by atoms with Crippen LogP contribution in [0.15, 0.2) is 67.4 Å². The second-order valence-electron chi connectivity index (χ2n) is 8.40. The normalized spacial score (nSPS) is 15.5. The number of nitrogens with one attached hydrogen (secondary N) is 1. The molecule has 1 aliphatic carbocycles. The van der Waals surface area contributed by atoms with Crippen molar-refractivity contribution in [1.82, 2.24) is 24.8 Å². The van der Waals surface area contributed by atoms with E-state index < -0.39 is 5.82 Å². The van der Waals surface area contributed by atoms with Crippen molar-refractivity contribution in [1.29, 1.82) is 0 Å². The number of amides is 1. The quantitative estimate of drug-likeness (QED) is 0.504. The Morgan fingerprint density at radius 3 is 2.56 bits per heavy atom. The number of pyridine rings is 1. The fraction of sp³-hybridized carbons (Fsp3) is 0.280. The summed E-state index contributed by atoms with van der Waals surface area (Å²) in [6.07, 6.45) is 13.3. The van der Waals surface area contributed by atoms with Crippen molar-refractivity contribution >= 4 is 16.8 Å². The summed E-state index contributed by atoms with van der Waals surface area (Å²) in [6.45, 7) is 0.560. The van der Waals surface area contributed by atoms with E-state index in [2.05, 4.69) is 26.3 Å². The molecule has 0 aliphatic heterocycles. The van der Waals surface area contributed by atoms with Crippen molar-refractivity contribution in [3.05, 3.63) is 84.3 Å². The second-order valence-corrected chi connectivity index (χ2v) is 8.40. The number of carbonyl (C=O) groups excluding carboxylic acids is 1. The van der Waals surface area contributed by atoms with Crippen molar-refractivity contribution in [2.75, 3.05) is 6.54 Å². The number of hydrogen-bond donors (Lipinski definition) is 1. The molecular weight excluding hydrogens is 405 g/mol. The minimum absolute atomic E-state index is 0.0966. The van der Waals surface area contributed by atoms with Gasteiger partial charge in [0.2, 0.25) is 5.95 Å². The van der Waals surface area contributed by atoms with E-state index in [9.17, 15) is 9.18 Å². The van der Waals surface area contributed by atoms with E-state index in [1.165, 1.54) is 12.0 Å². The fourth-order valence-corrected chi connectivity index (χ4v) is 4.77. The van der Waals surface area contributed by atoms with Crippen LogP contribution in [0.4, 0.5) is 4.39 Å². The van der Waals surface area contributed by atoms with Crippen LogP contribution in [0.2, 0.25) is 0 Å². The Balaban J connectivity index is 1.46. The fourth-order valence-electron chi connectivity index (χ4n) is 4.77. The van der Waals surface area contributed by atoms with Crippen molar-refractivity contribution in [2.24, 2.45) is 0 Å². The van der Waals surface area contributed by atoms with Crippen LogP contribution in [0, 0.1) is 5.82 Å². The van der Waals surface area contributed by atoms with E-state index in [0.717, 1.165) is 49.0 Å². The summed E-state index contributed by atoms with van der Waals surface area (Å²) < 4.78 is 15.0. The number of benzene rings is 1.